The molecule has 0 heterocycles. The fraction of sp³-hybridized carbons (Fsp3) is 0.500. The molecule has 0 aliphatic heterocycles. The van der Waals surface area contributed by atoms with Gasteiger partial charge in [-0.25, -0.2) is 4.79 Å². The Kier molecular flexibility index (Phi) is 8.05. The Hall–Kier alpha value is -1.23. The predicted molar refractivity (Wildman–Crippen MR) is 80.6 cm³/mol. The zero-order valence-electron chi connectivity index (χ0n) is 11.2. The van der Waals surface area contributed by atoms with Crippen molar-refractivity contribution in [2.24, 2.45) is 0 Å². The Morgan fingerprint density at radius 2 is 2.05 bits per heavy atom. The van der Waals surface area contributed by atoms with Crippen molar-refractivity contribution < 1.29 is 9.53 Å². The Bertz CT molecular complexity index is 385. The molecule has 1 rings (SSSR count). The number of unbranched alkanes of at least 4 members (excludes halogenated alkanes) is 2. The first-order valence-corrected chi connectivity index (χ1v) is 7.41. The van der Waals surface area contributed by atoms with Crippen LogP contribution >= 0.6 is 15.9 Å². The summed E-state index contributed by atoms with van der Waals surface area (Å²) in [6, 6.07) is 7.50. The standard InChI is InChI=1S/C14H21BrN2O2/c1-2-3-4-8-16-14(18)17-9-10-19-13-7-5-6-12(15)11-13/h5-7,11H,2-4,8-10H2,1H3,(H2,16,17,18). The molecule has 0 radical (unpaired) electrons. The van der Waals surface area contributed by atoms with Crippen LogP contribution in [-0.2, 0) is 0 Å². The second kappa shape index (κ2) is 9.67. The van der Waals surface area contributed by atoms with Crippen molar-refractivity contribution in [1.82, 2.24) is 10.6 Å². The third kappa shape index (κ3) is 7.72. The molecular weight excluding hydrogens is 308 g/mol. The molecule has 4 nitrogen and oxygen atoms in total. The number of urea groups is 1. The molecule has 5 heteroatoms. The molecule has 0 saturated carbocycles. The first-order valence-electron chi connectivity index (χ1n) is 6.62. The number of carbonyl (C=O) groups is 1. The first-order chi connectivity index (χ1) is 9.22. The lowest BCUT2D eigenvalue weighted by atomic mass is 10.2. The first kappa shape index (κ1) is 15.8. The van der Waals surface area contributed by atoms with Gasteiger partial charge >= 0.3 is 6.03 Å². The smallest absolute Gasteiger partial charge is 0.314 e. The lowest BCUT2D eigenvalue weighted by Crippen LogP contribution is -2.38. The van der Waals surface area contributed by atoms with Gasteiger partial charge in [0.2, 0.25) is 0 Å². The number of rotatable bonds is 8. The minimum Gasteiger partial charge on any atom is -0.492 e. The summed E-state index contributed by atoms with van der Waals surface area (Å²) >= 11 is 3.38. The van der Waals surface area contributed by atoms with Crippen LogP contribution in [0.2, 0.25) is 0 Å². The van der Waals surface area contributed by atoms with Crippen LogP contribution in [0.3, 0.4) is 0 Å². The van der Waals surface area contributed by atoms with E-state index in [-0.39, 0.29) is 6.03 Å². The molecule has 0 aliphatic rings. The maximum Gasteiger partial charge on any atom is 0.314 e. The molecule has 0 fully saturated rings. The van der Waals surface area contributed by atoms with E-state index in [9.17, 15) is 4.79 Å². The summed E-state index contributed by atoms with van der Waals surface area (Å²) in [4.78, 5) is 11.4. The van der Waals surface area contributed by atoms with E-state index in [1.807, 2.05) is 24.3 Å². The number of halogens is 1. The summed E-state index contributed by atoms with van der Waals surface area (Å²) in [7, 11) is 0. The molecule has 0 bridgehead atoms. The monoisotopic (exact) mass is 328 g/mol. The maximum absolute atomic E-state index is 11.4. The van der Waals surface area contributed by atoms with Crippen molar-refractivity contribution in [3.05, 3.63) is 28.7 Å². The summed E-state index contributed by atoms with van der Waals surface area (Å²) in [6.45, 7) is 3.82. The van der Waals surface area contributed by atoms with Gasteiger partial charge in [0.15, 0.2) is 0 Å². The van der Waals surface area contributed by atoms with Gasteiger partial charge in [-0.1, -0.05) is 41.8 Å². The van der Waals surface area contributed by atoms with E-state index in [0.717, 1.165) is 36.0 Å². The van der Waals surface area contributed by atoms with Crippen LogP contribution in [0.1, 0.15) is 26.2 Å². The van der Waals surface area contributed by atoms with Crippen molar-refractivity contribution in [3.8, 4) is 5.75 Å². The van der Waals surface area contributed by atoms with Gasteiger partial charge < -0.3 is 15.4 Å². The van der Waals surface area contributed by atoms with Crippen LogP contribution in [0.25, 0.3) is 0 Å². The number of nitrogens with one attached hydrogen (secondary N) is 2. The number of hydrogen-bond acceptors (Lipinski definition) is 2. The third-order valence-electron chi connectivity index (χ3n) is 2.52. The molecule has 0 unspecified atom stereocenters. The van der Waals surface area contributed by atoms with Crippen LogP contribution in [0.4, 0.5) is 4.79 Å². The highest BCUT2D eigenvalue weighted by Crippen LogP contribution is 2.17. The van der Waals surface area contributed by atoms with E-state index in [2.05, 4.69) is 33.5 Å². The van der Waals surface area contributed by atoms with E-state index in [1.54, 1.807) is 0 Å². The van der Waals surface area contributed by atoms with Crippen molar-refractivity contribution in [2.45, 2.75) is 26.2 Å². The van der Waals surface area contributed by atoms with Gasteiger partial charge in [-0.3, -0.25) is 0 Å². The lowest BCUT2D eigenvalue weighted by Gasteiger charge is -2.09. The molecule has 0 atom stereocenters. The van der Waals surface area contributed by atoms with Crippen LogP contribution in [-0.4, -0.2) is 25.7 Å². The van der Waals surface area contributed by atoms with Gasteiger partial charge in [0.05, 0.1) is 6.54 Å². The van der Waals surface area contributed by atoms with Crippen LogP contribution in [0, 0.1) is 0 Å². The summed E-state index contributed by atoms with van der Waals surface area (Å²) in [5.74, 6) is 0.791. The number of ether oxygens (including phenoxy) is 1. The number of benzene rings is 1. The maximum atomic E-state index is 11.4. The molecule has 19 heavy (non-hydrogen) atoms. The second-order valence-electron chi connectivity index (χ2n) is 4.20. The zero-order chi connectivity index (χ0) is 13.9. The van der Waals surface area contributed by atoms with Gasteiger partial charge in [0.1, 0.15) is 12.4 Å². The van der Waals surface area contributed by atoms with Crippen LogP contribution in [0.15, 0.2) is 28.7 Å². The van der Waals surface area contributed by atoms with Crippen molar-refractivity contribution in [1.29, 1.82) is 0 Å². The fourth-order valence-corrected chi connectivity index (χ4v) is 1.91. The topological polar surface area (TPSA) is 50.4 Å². The Labute approximate surface area is 123 Å². The largest absolute Gasteiger partial charge is 0.492 e. The average Bonchev–Trinajstić information content (AvgIpc) is 2.40. The molecule has 0 spiro atoms. The van der Waals surface area contributed by atoms with Crippen LogP contribution < -0.4 is 15.4 Å². The Morgan fingerprint density at radius 1 is 1.26 bits per heavy atom. The molecule has 106 valence electrons. The van der Waals surface area contributed by atoms with Crippen molar-refractivity contribution >= 4 is 22.0 Å². The summed E-state index contributed by atoms with van der Waals surface area (Å²) in [6.07, 6.45) is 3.33. The van der Waals surface area contributed by atoms with Gasteiger partial charge in [-0.15, -0.1) is 0 Å². The van der Waals surface area contributed by atoms with E-state index >= 15 is 0 Å². The minimum atomic E-state index is -0.131. The molecule has 0 aromatic heterocycles. The number of carbonyl (C=O) groups excluding carboxylic acids is 1. The van der Waals surface area contributed by atoms with Gasteiger partial charge in [0.25, 0.3) is 0 Å². The lowest BCUT2D eigenvalue weighted by molar-refractivity contribution is 0.236. The quantitative estimate of drug-likeness (QED) is 0.719. The fourth-order valence-electron chi connectivity index (χ4n) is 1.53. The van der Waals surface area contributed by atoms with E-state index in [0.29, 0.717) is 13.2 Å². The predicted octanol–water partition coefficient (Wildman–Crippen LogP) is 3.32. The van der Waals surface area contributed by atoms with E-state index < -0.39 is 0 Å². The summed E-state index contributed by atoms with van der Waals surface area (Å²) in [5.41, 5.74) is 0. The molecule has 1 aromatic rings. The van der Waals surface area contributed by atoms with Crippen molar-refractivity contribution in [3.63, 3.8) is 0 Å². The number of amides is 2. The van der Waals surface area contributed by atoms with E-state index in [1.165, 1.54) is 0 Å². The molecule has 0 aliphatic carbocycles. The molecule has 1 aromatic carbocycles. The molecule has 2 amide bonds. The molecular formula is C14H21BrN2O2. The Morgan fingerprint density at radius 3 is 2.79 bits per heavy atom. The second-order valence-corrected chi connectivity index (χ2v) is 5.11. The van der Waals surface area contributed by atoms with Gasteiger partial charge in [-0.2, -0.15) is 0 Å². The van der Waals surface area contributed by atoms with Crippen LogP contribution in [0.5, 0.6) is 5.75 Å². The highest BCUT2D eigenvalue weighted by atomic mass is 79.9. The minimum absolute atomic E-state index is 0.131. The molecule has 0 saturated heterocycles. The summed E-state index contributed by atoms with van der Waals surface area (Å²) < 4.78 is 6.49. The summed E-state index contributed by atoms with van der Waals surface area (Å²) in [5, 5.41) is 5.57. The Balaban J connectivity index is 2.05. The van der Waals surface area contributed by atoms with Crippen molar-refractivity contribution in [2.75, 3.05) is 19.7 Å². The third-order valence-corrected chi connectivity index (χ3v) is 3.01. The highest BCUT2D eigenvalue weighted by molar-refractivity contribution is 9.10. The van der Waals surface area contributed by atoms with Gasteiger partial charge in [-0.05, 0) is 24.6 Å². The van der Waals surface area contributed by atoms with E-state index in [4.69, 9.17) is 4.74 Å². The SMILES string of the molecule is CCCCCNC(=O)NCCOc1cccc(Br)c1. The van der Waals surface area contributed by atoms with Gasteiger partial charge in [0, 0.05) is 11.0 Å². The highest BCUT2D eigenvalue weighted by Gasteiger charge is 1.99. The molecule has 2 N–H and O–H groups in total. The average molecular weight is 329 g/mol. The zero-order valence-corrected chi connectivity index (χ0v) is 12.8. The normalized spacial score (nSPS) is 10.0. The number of hydrogen-bond donors (Lipinski definition) is 2.